The third-order valence-electron chi connectivity index (χ3n) is 1.75. The normalized spacial score (nSPS) is 10.1. The van der Waals surface area contributed by atoms with Crippen molar-refractivity contribution in [1.29, 1.82) is 0 Å². The predicted molar refractivity (Wildman–Crippen MR) is 57.1 cm³/mol. The summed E-state index contributed by atoms with van der Waals surface area (Å²) < 4.78 is 5.68. The number of pyridine rings is 1. The average molecular weight is 258 g/mol. The van der Waals surface area contributed by atoms with Crippen LogP contribution in [0.4, 0.5) is 0 Å². The van der Waals surface area contributed by atoms with E-state index in [1.165, 1.54) is 7.11 Å². The SMILES string of the molecule is COCC(=O)CCc1ccc(Br)cn1. The summed E-state index contributed by atoms with van der Waals surface area (Å²) in [6.07, 6.45) is 2.90. The Balaban J connectivity index is 2.38. The second-order valence-corrected chi connectivity index (χ2v) is 3.86. The number of aromatic nitrogens is 1. The molecule has 0 aromatic carbocycles. The Labute approximate surface area is 91.6 Å². The molecule has 1 rings (SSSR count). The molecular weight excluding hydrogens is 246 g/mol. The Morgan fingerprint density at radius 1 is 1.57 bits per heavy atom. The fourth-order valence-electron chi connectivity index (χ4n) is 1.05. The first kappa shape index (κ1) is 11.3. The second kappa shape index (κ2) is 5.88. The number of ether oxygens (including phenoxy) is 1. The van der Waals surface area contributed by atoms with Crippen molar-refractivity contribution in [3.63, 3.8) is 0 Å². The van der Waals surface area contributed by atoms with Crippen LogP contribution < -0.4 is 0 Å². The molecule has 0 bridgehead atoms. The van der Waals surface area contributed by atoms with Gasteiger partial charge in [-0.1, -0.05) is 0 Å². The number of Topliss-reactive ketones (excluding diaryl/α,β-unsaturated/α-hetero) is 1. The van der Waals surface area contributed by atoms with Crippen LogP contribution >= 0.6 is 15.9 Å². The van der Waals surface area contributed by atoms with Crippen LogP contribution in [-0.2, 0) is 16.0 Å². The van der Waals surface area contributed by atoms with Crippen LogP contribution in [0, 0.1) is 0 Å². The van der Waals surface area contributed by atoms with Crippen molar-refractivity contribution in [2.75, 3.05) is 13.7 Å². The molecule has 0 saturated carbocycles. The van der Waals surface area contributed by atoms with Gasteiger partial charge in [0.05, 0.1) is 0 Å². The monoisotopic (exact) mass is 257 g/mol. The van der Waals surface area contributed by atoms with Crippen LogP contribution in [0.1, 0.15) is 12.1 Å². The molecule has 1 heterocycles. The number of methoxy groups -OCH3 is 1. The van der Waals surface area contributed by atoms with Crippen molar-refractivity contribution >= 4 is 21.7 Å². The van der Waals surface area contributed by atoms with E-state index in [1.54, 1.807) is 6.20 Å². The first-order valence-electron chi connectivity index (χ1n) is 4.33. The lowest BCUT2D eigenvalue weighted by atomic mass is 10.2. The van der Waals surface area contributed by atoms with Crippen LogP contribution in [-0.4, -0.2) is 24.5 Å². The van der Waals surface area contributed by atoms with Gasteiger partial charge >= 0.3 is 0 Å². The highest BCUT2D eigenvalue weighted by Crippen LogP contribution is 2.08. The zero-order valence-electron chi connectivity index (χ0n) is 8.00. The first-order valence-corrected chi connectivity index (χ1v) is 5.12. The van der Waals surface area contributed by atoms with Crippen molar-refractivity contribution in [2.45, 2.75) is 12.8 Å². The molecule has 0 radical (unpaired) electrons. The highest BCUT2D eigenvalue weighted by atomic mass is 79.9. The van der Waals surface area contributed by atoms with Gasteiger partial charge in [0, 0.05) is 29.9 Å². The molecule has 0 aliphatic heterocycles. The second-order valence-electron chi connectivity index (χ2n) is 2.94. The van der Waals surface area contributed by atoms with Gasteiger partial charge in [0.25, 0.3) is 0 Å². The van der Waals surface area contributed by atoms with Gasteiger partial charge in [-0.3, -0.25) is 9.78 Å². The third-order valence-corrected chi connectivity index (χ3v) is 2.22. The summed E-state index contributed by atoms with van der Waals surface area (Å²) >= 11 is 3.30. The number of carbonyl (C=O) groups is 1. The van der Waals surface area contributed by atoms with Crippen LogP contribution in [0.5, 0.6) is 0 Å². The van der Waals surface area contributed by atoms with Gasteiger partial charge < -0.3 is 4.74 Å². The van der Waals surface area contributed by atoms with Gasteiger partial charge in [0.2, 0.25) is 0 Å². The van der Waals surface area contributed by atoms with Crippen molar-refractivity contribution in [2.24, 2.45) is 0 Å². The highest BCUT2D eigenvalue weighted by Gasteiger charge is 2.02. The molecule has 3 nitrogen and oxygen atoms in total. The largest absolute Gasteiger partial charge is 0.377 e. The quantitative estimate of drug-likeness (QED) is 0.810. The summed E-state index contributed by atoms with van der Waals surface area (Å²) in [4.78, 5) is 15.3. The number of aryl methyl sites for hydroxylation is 1. The molecule has 0 saturated heterocycles. The van der Waals surface area contributed by atoms with Gasteiger partial charge in [-0.25, -0.2) is 0 Å². The molecule has 0 unspecified atom stereocenters. The van der Waals surface area contributed by atoms with Crippen LogP contribution in [0.25, 0.3) is 0 Å². The van der Waals surface area contributed by atoms with Crippen LogP contribution in [0.3, 0.4) is 0 Å². The van der Waals surface area contributed by atoms with Crippen molar-refractivity contribution in [1.82, 2.24) is 4.98 Å². The number of hydrogen-bond donors (Lipinski definition) is 0. The molecule has 1 aromatic heterocycles. The Morgan fingerprint density at radius 2 is 2.36 bits per heavy atom. The van der Waals surface area contributed by atoms with E-state index in [4.69, 9.17) is 4.74 Å². The summed E-state index contributed by atoms with van der Waals surface area (Å²) in [6.45, 7) is 0.191. The Bertz CT molecular complexity index is 297. The maximum absolute atomic E-state index is 11.1. The van der Waals surface area contributed by atoms with E-state index in [1.807, 2.05) is 12.1 Å². The number of nitrogens with zero attached hydrogens (tertiary/aromatic N) is 1. The lowest BCUT2D eigenvalue weighted by molar-refractivity contribution is -0.122. The summed E-state index contributed by atoms with van der Waals surface area (Å²) in [5, 5.41) is 0. The average Bonchev–Trinajstić information content (AvgIpc) is 2.17. The molecule has 76 valence electrons. The van der Waals surface area contributed by atoms with E-state index in [-0.39, 0.29) is 12.4 Å². The standard InChI is InChI=1S/C10H12BrNO2/c1-14-7-10(13)5-4-9-3-2-8(11)6-12-9/h2-3,6H,4-5,7H2,1H3. The minimum Gasteiger partial charge on any atom is -0.377 e. The zero-order valence-corrected chi connectivity index (χ0v) is 9.58. The fraction of sp³-hybridized carbons (Fsp3) is 0.400. The summed E-state index contributed by atoms with van der Waals surface area (Å²) in [5.41, 5.74) is 0.928. The van der Waals surface area contributed by atoms with E-state index in [0.717, 1.165) is 10.2 Å². The van der Waals surface area contributed by atoms with Gasteiger partial charge in [0.1, 0.15) is 6.61 Å². The van der Waals surface area contributed by atoms with E-state index in [9.17, 15) is 4.79 Å². The summed E-state index contributed by atoms with van der Waals surface area (Å²) in [5.74, 6) is 0.109. The Kier molecular flexibility index (Phi) is 4.76. The molecule has 0 atom stereocenters. The molecular formula is C10H12BrNO2. The minimum atomic E-state index is 0.109. The minimum absolute atomic E-state index is 0.109. The zero-order chi connectivity index (χ0) is 10.4. The topological polar surface area (TPSA) is 39.2 Å². The predicted octanol–water partition coefficient (Wildman–Crippen LogP) is 1.99. The van der Waals surface area contributed by atoms with Crippen molar-refractivity contribution < 1.29 is 9.53 Å². The van der Waals surface area contributed by atoms with E-state index in [2.05, 4.69) is 20.9 Å². The third kappa shape index (κ3) is 3.98. The maximum Gasteiger partial charge on any atom is 0.158 e. The number of hydrogen-bond acceptors (Lipinski definition) is 3. The number of rotatable bonds is 5. The smallest absolute Gasteiger partial charge is 0.158 e. The molecule has 0 aliphatic rings. The molecule has 0 aliphatic carbocycles. The fourth-order valence-corrected chi connectivity index (χ4v) is 1.29. The van der Waals surface area contributed by atoms with Crippen LogP contribution in [0.15, 0.2) is 22.8 Å². The Hall–Kier alpha value is -0.740. The highest BCUT2D eigenvalue weighted by molar-refractivity contribution is 9.10. The van der Waals surface area contributed by atoms with Crippen molar-refractivity contribution in [3.05, 3.63) is 28.5 Å². The first-order chi connectivity index (χ1) is 6.72. The lowest BCUT2D eigenvalue weighted by Gasteiger charge is -2.00. The van der Waals surface area contributed by atoms with E-state index >= 15 is 0 Å². The van der Waals surface area contributed by atoms with E-state index < -0.39 is 0 Å². The van der Waals surface area contributed by atoms with Crippen LogP contribution in [0.2, 0.25) is 0 Å². The summed E-state index contributed by atoms with van der Waals surface area (Å²) in [7, 11) is 1.52. The van der Waals surface area contributed by atoms with Gasteiger partial charge in [-0.15, -0.1) is 0 Å². The number of halogens is 1. The van der Waals surface area contributed by atoms with Gasteiger partial charge in [-0.2, -0.15) is 0 Å². The van der Waals surface area contributed by atoms with Crippen molar-refractivity contribution in [3.8, 4) is 0 Å². The maximum atomic E-state index is 11.1. The molecule has 0 fully saturated rings. The van der Waals surface area contributed by atoms with Gasteiger partial charge in [0.15, 0.2) is 5.78 Å². The molecule has 0 spiro atoms. The summed E-state index contributed by atoms with van der Waals surface area (Å²) in [6, 6.07) is 3.83. The molecule has 0 amide bonds. The molecule has 0 N–H and O–H groups in total. The number of ketones is 1. The molecule has 4 heteroatoms. The Morgan fingerprint density at radius 3 is 2.93 bits per heavy atom. The molecule has 14 heavy (non-hydrogen) atoms. The van der Waals surface area contributed by atoms with E-state index in [0.29, 0.717) is 12.8 Å². The number of carbonyl (C=O) groups excluding carboxylic acids is 1. The molecule has 1 aromatic rings. The van der Waals surface area contributed by atoms with Gasteiger partial charge in [-0.05, 0) is 34.5 Å². The lowest BCUT2D eigenvalue weighted by Crippen LogP contribution is -2.07.